The van der Waals surface area contributed by atoms with Crippen molar-refractivity contribution in [2.24, 2.45) is 4.99 Å². The van der Waals surface area contributed by atoms with Gasteiger partial charge in [-0.05, 0) is 31.1 Å². The van der Waals surface area contributed by atoms with E-state index in [9.17, 15) is 4.79 Å². The fourth-order valence-corrected chi connectivity index (χ4v) is 2.81. The van der Waals surface area contributed by atoms with E-state index in [1.54, 1.807) is 6.08 Å². The number of rotatable bonds is 9. The van der Waals surface area contributed by atoms with Crippen LogP contribution < -0.4 is 0 Å². The van der Waals surface area contributed by atoms with E-state index in [4.69, 9.17) is 9.73 Å². The molecule has 136 valence electrons. The molecule has 0 spiro atoms. The molecule has 1 aromatic carbocycles. The molecule has 0 saturated carbocycles. The summed E-state index contributed by atoms with van der Waals surface area (Å²) >= 11 is 0. The molecule has 1 aromatic rings. The molecule has 2 rings (SSSR count). The first-order valence-corrected chi connectivity index (χ1v) is 9.47. The summed E-state index contributed by atoms with van der Waals surface area (Å²) in [6.07, 6.45) is 10.6. The molecule has 0 N–H and O–H groups in total. The largest absolute Gasteiger partial charge is 0.378 e. The number of hydrogen-bond acceptors (Lipinski definition) is 3. The van der Waals surface area contributed by atoms with Crippen molar-refractivity contribution >= 4 is 17.3 Å². The standard InChI is InChI=1S/C21H30N2O2/c1-2-3-4-5-7-12-20(22-19-10-8-6-9-11-19)13-14-21(24)23-15-17-25-18-16-23/h6,8-11,13-14H,2-5,7,12,15-18H2,1H3. The fourth-order valence-electron chi connectivity index (χ4n) is 2.81. The number of carbonyl (C=O) groups is 1. The zero-order valence-electron chi connectivity index (χ0n) is 15.3. The van der Waals surface area contributed by atoms with E-state index in [2.05, 4.69) is 6.92 Å². The Balaban J connectivity index is 1.96. The van der Waals surface area contributed by atoms with Crippen molar-refractivity contribution in [3.8, 4) is 0 Å². The highest BCUT2D eigenvalue weighted by molar-refractivity contribution is 6.01. The first-order chi connectivity index (χ1) is 12.3. The van der Waals surface area contributed by atoms with Crippen molar-refractivity contribution in [2.75, 3.05) is 26.3 Å². The van der Waals surface area contributed by atoms with Gasteiger partial charge >= 0.3 is 0 Å². The van der Waals surface area contributed by atoms with E-state index < -0.39 is 0 Å². The zero-order valence-corrected chi connectivity index (χ0v) is 15.3. The van der Waals surface area contributed by atoms with Crippen molar-refractivity contribution in [1.29, 1.82) is 0 Å². The van der Waals surface area contributed by atoms with Crippen LogP contribution in [0.5, 0.6) is 0 Å². The van der Waals surface area contributed by atoms with Crippen molar-refractivity contribution in [2.45, 2.75) is 45.4 Å². The van der Waals surface area contributed by atoms with Crippen LogP contribution in [-0.2, 0) is 9.53 Å². The monoisotopic (exact) mass is 342 g/mol. The van der Waals surface area contributed by atoms with Crippen LogP contribution in [0.25, 0.3) is 0 Å². The molecule has 0 aliphatic carbocycles. The van der Waals surface area contributed by atoms with E-state index in [0.717, 1.165) is 24.2 Å². The van der Waals surface area contributed by atoms with Crippen LogP contribution in [0.2, 0.25) is 0 Å². The average molecular weight is 342 g/mol. The number of morpholine rings is 1. The third-order valence-corrected chi connectivity index (χ3v) is 4.31. The molecule has 4 heteroatoms. The zero-order chi connectivity index (χ0) is 17.7. The second kappa shape index (κ2) is 11.6. The Labute approximate surface area is 151 Å². The Morgan fingerprint density at radius 1 is 1.08 bits per heavy atom. The molecular weight excluding hydrogens is 312 g/mol. The molecular formula is C21H30N2O2. The van der Waals surface area contributed by atoms with E-state index in [0.29, 0.717) is 26.3 Å². The molecule has 25 heavy (non-hydrogen) atoms. The maximum Gasteiger partial charge on any atom is 0.246 e. The highest BCUT2D eigenvalue weighted by atomic mass is 16.5. The fraction of sp³-hybridized carbons (Fsp3) is 0.524. The maximum absolute atomic E-state index is 12.3. The van der Waals surface area contributed by atoms with E-state index in [1.807, 2.05) is 41.3 Å². The second-order valence-electron chi connectivity index (χ2n) is 6.37. The lowest BCUT2D eigenvalue weighted by atomic mass is 10.1. The quantitative estimate of drug-likeness (QED) is 0.376. The smallest absolute Gasteiger partial charge is 0.246 e. The normalized spacial score (nSPS) is 15.7. The van der Waals surface area contributed by atoms with Gasteiger partial charge in [0.2, 0.25) is 5.91 Å². The van der Waals surface area contributed by atoms with Crippen LogP contribution in [0.4, 0.5) is 5.69 Å². The predicted molar refractivity (Wildman–Crippen MR) is 103 cm³/mol. The summed E-state index contributed by atoms with van der Waals surface area (Å²) in [7, 11) is 0. The van der Waals surface area contributed by atoms with E-state index >= 15 is 0 Å². The summed E-state index contributed by atoms with van der Waals surface area (Å²) in [5.74, 6) is 0.0510. The molecule has 1 fully saturated rings. The maximum atomic E-state index is 12.3. The van der Waals surface area contributed by atoms with Crippen molar-refractivity contribution in [3.63, 3.8) is 0 Å². The summed E-state index contributed by atoms with van der Waals surface area (Å²) < 4.78 is 5.30. The summed E-state index contributed by atoms with van der Waals surface area (Å²) in [6, 6.07) is 9.95. The van der Waals surface area contributed by atoms with Crippen LogP contribution in [0.3, 0.4) is 0 Å². The Morgan fingerprint density at radius 2 is 1.80 bits per heavy atom. The highest BCUT2D eigenvalue weighted by Crippen LogP contribution is 2.14. The summed E-state index contributed by atoms with van der Waals surface area (Å²) in [5.41, 5.74) is 1.92. The third kappa shape index (κ3) is 7.65. The number of carbonyl (C=O) groups excluding carboxylic acids is 1. The van der Waals surface area contributed by atoms with Gasteiger partial charge in [-0.1, -0.05) is 50.8 Å². The second-order valence-corrected chi connectivity index (χ2v) is 6.37. The number of allylic oxidation sites excluding steroid dienone is 1. The average Bonchev–Trinajstić information content (AvgIpc) is 2.67. The number of nitrogens with zero attached hydrogens (tertiary/aromatic N) is 2. The number of ether oxygens (including phenoxy) is 1. The molecule has 0 radical (unpaired) electrons. The van der Waals surface area contributed by atoms with E-state index in [-0.39, 0.29) is 5.91 Å². The van der Waals surface area contributed by atoms with Gasteiger partial charge in [0.25, 0.3) is 0 Å². The molecule has 1 heterocycles. The van der Waals surface area contributed by atoms with Crippen molar-refractivity contribution in [1.82, 2.24) is 4.90 Å². The van der Waals surface area contributed by atoms with Gasteiger partial charge in [-0.15, -0.1) is 0 Å². The van der Waals surface area contributed by atoms with Crippen LogP contribution >= 0.6 is 0 Å². The lowest BCUT2D eigenvalue weighted by Gasteiger charge is -2.25. The Kier molecular flexibility index (Phi) is 8.98. The molecule has 1 amide bonds. The third-order valence-electron chi connectivity index (χ3n) is 4.31. The lowest BCUT2D eigenvalue weighted by Crippen LogP contribution is -2.39. The van der Waals surface area contributed by atoms with Crippen molar-refractivity contribution < 1.29 is 9.53 Å². The van der Waals surface area contributed by atoms with Crippen LogP contribution in [0.15, 0.2) is 47.5 Å². The SMILES string of the molecule is CCCCCCCC(C=CC(=O)N1CCOCC1)=Nc1ccccc1. The number of aliphatic imine (C=N–C) groups is 1. The van der Waals surface area contributed by atoms with Gasteiger partial charge < -0.3 is 9.64 Å². The summed E-state index contributed by atoms with van der Waals surface area (Å²) in [6.45, 7) is 4.82. The van der Waals surface area contributed by atoms with Crippen LogP contribution in [0, 0.1) is 0 Å². The minimum Gasteiger partial charge on any atom is -0.378 e. The van der Waals surface area contributed by atoms with Gasteiger partial charge in [0, 0.05) is 24.9 Å². The minimum absolute atomic E-state index is 0.0510. The number of amides is 1. The number of hydrogen-bond donors (Lipinski definition) is 0. The van der Waals surface area contributed by atoms with Gasteiger partial charge in [0.15, 0.2) is 0 Å². The Bertz CT molecular complexity index is 561. The molecule has 0 unspecified atom stereocenters. The van der Waals surface area contributed by atoms with E-state index in [1.165, 1.54) is 25.7 Å². The van der Waals surface area contributed by atoms with Crippen LogP contribution in [-0.4, -0.2) is 42.8 Å². The molecule has 1 aliphatic rings. The van der Waals surface area contributed by atoms with Crippen molar-refractivity contribution in [3.05, 3.63) is 42.5 Å². The summed E-state index contributed by atoms with van der Waals surface area (Å²) in [5, 5.41) is 0. The molecule has 1 saturated heterocycles. The topological polar surface area (TPSA) is 41.9 Å². The number of para-hydroxylation sites is 1. The molecule has 1 aliphatic heterocycles. The minimum atomic E-state index is 0.0510. The van der Waals surface area contributed by atoms with Gasteiger partial charge in [0.05, 0.1) is 18.9 Å². The lowest BCUT2D eigenvalue weighted by molar-refractivity contribution is -0.129. The number of benzene rings is 1. The highest BCUT2D eigenvalue weighted by Gasteiger charge is 2.14. The van der Waals surface area contributed by atoms with Crippen LogP contribution in [0.1, 0.15) is 45.4 Å². The molecule has 0 aromatic heterocycles. The molecule has 4 nitrogen and oxygen atoms in total. The first kappa shape index (κ1) is 19.4. The predicted octanol–water partition coefficient (Wildman–Crippen LogP) is 4.53. The first-order valence-electron chi connectivity index (χ1n) is 9.47. The Morgan fingerprint density at radius 3 is 2.52 bits per heavy atom. The molecule has 0 atom stereocenters. The molecule has 0 bridgehead atoms. The van der Waals surface area contributed by atoms with Gasteiger partial charge in [-0.25, -0.2) is 0 Å². The van der Waals surface area contributed by atoms with Gasteiger partial charge in [0.1, 0.15) is 0 Å². The van der Waals surface area contributed by atoms with Gasteiger partial charge in [-0.3, -0.25) is 9.79 Å². The Hall–Kier alpha value is -1.94. The summed E-state index contributed by atoms with van der Waals surface area (Å²) in [4.78, 5) is 18.9. The number of unbranched alkanes of at least 4 members (excludes halogenated alkanes) is 4. The van der Waals surface area contributed by atoms with Gasteiger partial charge in [-0.2, -0.15) is 0 Å².